The van der Waals surface area contributed by atoms with Crippen LogP contribution in [0.25, 0.3) is 5.69 Å². The van der Waals surface area contributed by atoms with E-state index in [1.807, 2.05) is 53.2 Å². The quantitative estimate of drug-likeness (QED) is 0.443. The summed E-state index contributed by atoms with van der Waals surface area (Å²) in [5, 5.41) is 13.7. The van der Waals surface area contributed by atoms with Crippen molar-refractivity contribution in [1.29, 1.82) is 0 Å². The molecular formula is C18H13Br2N3O2. The molecule has 0 saturated heterocycles. The van der Waals surface area contributed by atoms with E-state index in [0.29, 0.717) is 14.5 Å². The average Bonchev–Trinajstić information content (AvgIpc) is 3.08. The van der Waals surface area contributed by atoms with Gasteiger partial charge in [0.05, 0.1) is 20.9 Å². The molecule has 0 aliphatic heterocycles. The number of rotatable bonds is 4. The number of carbonyl (C=O) groups excluding carboxylic acids is 1. The lowest BCUT2D eigenvalue weighted by molar-refractivity contribution is 0.0955. The molecule has 2 N–H and O–H groups in total. The molecular weight excluding hydrogens is 450 g/mol. The van der Waals surface area contributed by atoms with Crippen LogP contribution in [0.1, 0.15) is 16.1 Å². The maximum atomic E-state index is 12.2. The minimum atomic E-state index is -0.379. The molecule has 0 atom stereocenters. The Kier molecular flexibility index (Phi) is 5.35. The molecule has 7 heteroatoms. The van der Waals surface area contributed by atoms with Gasteiger partial charge in [-0.3, -0.25) is 4.79 Å². The van der Waals surface area contributed by atoms with E-state index in [-0.39, 0.29) is 11.7 Å². The number of hydrazone groups is 1. The maximum absolute atomic E-state index is 12.2. The van der Waals surface area contributed by atoms with Crippen LogP contribution in [0, 0.1) is 0 Å². The van der Waals surface area contributed by atoms with Crippen molar-refractivity contribution in [3.8, 4) is 11.4 Å². The Morgan fingerprint density at radius 2 is 1.76 bits per heavy atom. The standard InChI is InChI=1S/C18H13Br2N3O2/c19-15-9-12(10-16(20)17(15)24)18(25)22-21-11-14-7-4-8-23(14)13-5-2-1-3-6-13/h1-11,24H,(H,22,25)/b21-11-. The third-order valence-corrected chi connectivity index (χ3v) is 4.67. The number of phenolic OH excluding ortho intramolecular Hbond substituents is 1. The second kappa shape index (κ2) is 7.67. The molecule has 0 radical (unpaired) electrons. The highest BCUT2D eigenvalue weighted by molar-refractivity contribution is 9.11. The van der Waals surface area contributed by atoms with Gasteiger partial charge in [0, 0.05) is 17.4 Å². The van der Waals surface area contributed by atoms with Crippen LogP contribution in [-0.4, -0.2) is 21.8 Å². The van der Waals surface area contributed by atoms with Gasteiger partial charge in [-0.1, -0.05) is 18.2 Å². The summed E-state index contributed by atoms with van der Waals surface area (Å²) in [4.78, 5) is 12.2. The lowest BCUT2D eigenvalue weighted by Gasteiger charge is -2.06. The van der Waals surface area contributed by atoms with Crippen LogP contribution in [0.4, 0.5) is 0 Å². The van der Waals surface area contributed by atoms with Crippen LogP contribution >= 0.6 is 31.9 Å². The SMILES string of the molecule is O=C(N/N=C\c1cccn1-c1ccccc1)c1cc(Br)c(O)c(Br)c1. The lowest BCUT2D eigenvalue weighted by Crippen LogP contribution is -2.18. The zero-order valence-electron chi connectivity index (χ0n) is 12.9. The Morgan fingerprint density at radius 3 is 2.44 bits per heavy atom. The highest BCUT2D eigenvalue weighted by Crippen LogP contribution is 2.33. The van der Waals surface area contributed by atoms with Gasteiger partial charge in [-0.05, 0) is 68.3 Å². The van der Waals surface area contributed by atoms with Crippen molar-refractivity contribution in [2.45, 2.75) is 0 Å². The fourth-order valence-electron chi connectivity index (χ4n) is 2.24. The summed E-state index contributed by atoms with van der Waals surface area (Å²) < 4.78 is 2.81. The van der Waals surface area contributed by atoms with Crippen molar-refractivity contribution >= 4 is 44.0 Å². The number of phenols is 1. The van der Waals surface area contributed by atoms with E-state index >= 15 is 0 Å². The van der Waals surface area contributed by atoms with Gasteiger partial charge in [0.2, 0.25) is 0 Å². The van der Waals surface area contributed by atoms with E-state index in [2.05, 4.69) is 42.4 Å². The molecule has 0 aliphatic carbocycles. The van der Waals surface area contributed by atoms with Crippen molar-refractivity contribution in [2.24, 2.45) is 5.10 Å². The van der Waals surface area contributed by atoms with E-state index in [0.717, 1.165) is 11.4 Å². The highest BCUT2D eigenvalue weighted by Gasteiger charge is 2.11. The number of aromatic nitrogens is 1. The number of benzene rings is 2. The van der Waals surface area contributed by atoms with E-state index in [4.69, 9.17) is 0 Å². The van der Waals surface area contributed by atoms with Gasteiger partial charge in [0.25, 0.3) is 5.91 Å². The van der Waals surface area contributed by atoms with Crippen molar-refractivity contribution in [3.63, 3.8) is 0 Å². The molecule has 0 saturated carbocycles. The average molecular weight is 463 g/mol. The third kappa shape index (κ3) is 4.00. The number of nitrogens with one attached hydrogen (secondary N) is 1. The highest BCUT2D eigenvalue weighted by atomic mass is 79.9. The van der Waals surface area contributed by atoms with Crippen LogP contribution in [-0.2, 0) is 0 Å². The summed E-state index contributed by atoms with van der Waals surface area (Å²) in [6, 6.07) is 16.7. The molecule has 1 aromatic heterocycles. The first-order chi connectivity index (χ1) is 12.1. The Morgan fingerprint density at radius 1 is 1.08 bits per heavy atom. The van der Waals surface area contributed by atoms with Crippen molar-refractivity contribution in [1.82, 2.24) is 9.99 Å². The molecule has 3 aromatic rings. The summed E-state index contributed by atoms with van der Waals surface area (Å²) in [7, 11) is 0. The van der Waals surface area contributed by atoms with E-state index < -0.39 is 0 Å². The summed E-state index contributed by atoms with van der Waals surface area (Å²) in [6.45, 7) is 0. The number of halogens is 2. The van der Waals surface area contributed by atoms with Gasteiger partial charge in [0.1, 0.15) is 5.75 Å². The van der Waals surface area contributed by atoms with E-state index in [1.54, 1.807) is 6.21 Å². The first-order valence-corrected chi connectivity index (χ1v) is 8.89. The molecule has 0 aliphatic rings. The Balaban J connectivity index is 1.74. The number of hydrogen-bond acceptors (Lipinski definition) is 3. The van der Waals surface area contributed by atoms with Gasteiger partial charge < -0.3 is 9.67 Å². The summed E-state index contributed by atoms with van der Waals surface area (Å²) in [5.41, 5.74) is 4.69. The van der Waals surface area contributed by atoms with E-state index in [9.17, 15) is 9.90 Å². The monoisotopic (exact) mass is 461 g/mol. The predicted molar refractivity (Wildman–Crippen MR) is 104 cm³/mol. The summed E-state index contributed by atoms with van der Waals surface area (Å²) in [5.74, 6) is -0.337. The Labute approximate surface area is 161 Å². The van der Waals surface area contributed by atoms with Crippen molar-refractivity contribution in [2.75, 3.05) is 0 Å². The molecule has 126 valence electrons. The van der Waals surface area contributed by atoms with Gasteiger partial charge >= 0.3 is 0 Å². The lowest BCUT2D eigenvalue weighted by atomic mass is 10.2. The Hall–Kier alpha value is -2.38. The smallest absolute Gasteiger partial charge is 0.271 e. The number of aromatic hydroxyl groups is 1. The molecule has 5 nitrogen and oxygen atoms in total. The first kappa shape index (κ1) is 17.4. The van der Waals surface area contributed by atoms with Gasteiger partial charge in [-0.15, -0.1) is 0 Å². The molecule has 3 rings (SSSR count). The number of para-hydroxylation sites is 1. The third-order valence-electron chi connectivity index (χ3n) is 3.46. The maximum Gasteiger partial charge on any atom is 0.271 e. The minimum Gasteiger partial charge on any atom is -0.506 e. The fourth-order valence-corrected chi connectivity index (χ4v) is 3.43. The minimum absolute atomic E-state index is 0.0424. The van der Waals surface area contributed by atoms with Gasteiger partial charge in [0.15, 0.2) is 0 Å². The van der Waals surface area contributed by atoms with E-state index in [1.165, 1.54) is 12.1 Å². The molecule has 2 aromatic carbocycles. The second-order valence-corrected chi connectivity index (χ2v) is 6.83. The first-order valence-electron chi connectivity index (χ1n) is 7.30. The molecule has 0 unspecified atom stereocenters. The fraction of sp³-hybridized carbons (Fsp3) is 0. The number of hydrogen-bond donors (Lipinski definition) is 2. The summed E-state index contributed by atoms with van der Waals surface area (Å²) >= 11 is 6.40. The Bertz CT molecular complexity index is 913. The van der Waals surface area contributed by atoms with Gasteiger partial charge in [-0.25, -0.2) is 5.43 Å². The molecule has 1 amide bonds. The predicted octanol–water partition coefficient (Wildman–Crippen LogP) is 4.47. The molecule has 1 heterocycles. The van der Waals surface area contributed by atoms with Gasteiger partial charge in [-0.2, -0.15) is 5.10 Å². The van der Waals surface area contributed by atoms with Crippen LogP contribution in [0.15, 0.2) is 74.8 Å². The number of amides is 1. The molecule has 0 fully saturated rings. The van der Waals surface area contributed by atoms with Crippen LogP contribution in [0.5, 0.6) is 5.75 Å². The largest absolute Gasteiger partial charge is 0.506 e. The topological polar surface area (TPSA) is 66.6 Å². The number of nitrogens with zero attached hydrogens (tertiary/aromatic N) is 2. The second-order valence-electron chi connectivity index (χ2n) is 5.13. The molecule has 25 heavy (non-hydrogen) atoms. The molecule has 0 bridgehead atoms. The summed E-state index contributed by atoms with van der Waals surface area (Å²) in [6.07, 6.45) is 3.50. The van der Waals surface area contributed by atoms with Crippen LogP contribution in [0.3, 0.4) is 0 Å². The number of carbonyl (C=O) groups is 1. The van der Waals surface area contributed by atoms with Crippen molar-refractivity contribution < 1.29 is 9.90 Å². The zero-order chi connectivity index (χ0) is 17.8. The zero-order valence-corrected chi connectivity index (χ0v) is 16.0. The van der Waals surface area contributed by atoms with Crippen LogP contribution < -0.4 is 5.43 Å². The van der Waals surface area contributed by atoms with Crippen LogP contribution in [0.2, 0.25) is 0 Å². The normalized spacial score (nSPS) is 11.0. The van der Waals surface area contributed by atoms with Crippen molar-refractivity contribution in [3.05, 3.63) is 81.0 Å². The molecule has 0 spiro atoms.